The van der Waals surface area contributed by atoms with Gasteiger partial charge in [-0.25, -0.2) is 17.5 Å². The quantitative estimate of drug-likeness (QED) is 0.781. The molecule has 0 atom stereocenters. The highest BCUT2D eigenvalue weighted by atomic mass is 32.2. The summed E-state index contributed by atoms with van der Waals surface area (Å²) in [5.41, 5.74) is 2.70. The second-order valence-corrected chi connectivity index (χ2v) is 7.71. The molecule has 0 aromatic heterocycles. The fourth-order valence-electron chi connectivity index (χ4n) is 2.45. The predicted molar refractivity (Wildman–Crippen MR) is 95.4 cm³/mol. The van der Waals surface area contributed by atoms with Gasteiger partial charge in [-0.15, -0.1) is 0 Å². The molecule has 130 valence electrons. The van der Waals surface area contributed by atoms with Gasteiger partial charge in [-0.2, -0.15) is 0 Å². The molecular weight excluding hydrogens is 327 g/mol. The van der Waals surface area contributed by atoms with Gasteiger partial charge < -0.3 is 4.90 Å². The predicted octanol–water partition coefficient (Wildman–Crippen LogP) is 3.11. The molecule has 0 heterocycles. The third kappa shape index (κ3) is 4.79. The largest absolute Gasteiger partial charge is 0.378 e. The lowest BCUT2D eigenvalue weighted by Crippen LogP contribution is -2.25. The van der Waals surface area contributed by atoms with E-state index in [2.05, 4.69) is 4.72 Å². The standard InChI is InChI=1S/C18H23FN2O2S/c1-14-13-16(19)8-11-18(14)24(22,23)20-12-4-5-15-6-9-17(10-7-15)21(2)3/h6-11,13,20H,4-5,12H2,1-3H3. The van der Waals surface area contributed by atoms with Gasteiger partial charge >= 0.3 is 0 Å². The molecule has 0 saturated heterocycles. The number of nitrogens with zero attached hydrogens (tertiary/aromatic N) is 1. The van der Waals surface area contributed by atoms with Crippen molar-refractivity contribution < 1.29 is 12.8 Å². The van der Waals surface area contributed by atoms with E-state index in [1.165, 1.54) is 12.1 Å². The Hall–Kier alpha value is -1.92. The highest BCUT2D eigenvalue weighted by molar-refractivity contribution is 7.89. The van der Waals surface area contributed by atoms with Crippen LogP contribution in [0.25, 0.3) is 0 Å². The number of anilines is 1. The van der Waals surface area contributed by atoms with E-state index < -0.39 is 15.8 Å². The molecule has 2 aromatic rings. The Balaban J connectivity index is 1.89. The number of rotatable bonds is 7. The SMILES string of the molecule is Cc1cc(F)ccc1S(=O)(=O)NCCCc1ccc(N(C)C)cc1. The zero-order chi connectivity index (χ0) is 17.7. The first-order valence-corrected chi connectivity index (χ1v) is 9.30. The molecule has 0 saturated carbocycles. The molecule has 0 amide bonds. The summed E-state index contributed by atoms with van der Waals surface area (Å²) in [5.74, 6) is -0.437. The number of nitrogens with one attached hydrogen (secondary N) is 1. The summed E-state index contributed by atoms with van der Waals surface area (Å²) in [4.78, 5) is 2.15. The Kier molecular flexibility index (Phi) is 5.96. The van der Waals surface area contributed by atoms with Gasteiger partial charge in [-0.05, 0) is 61.2 Å². The Labute approximate surface area is 143 Å². The Morgan fingerprint density at radius 2 is 1.75 bits per heavy atom. The minimum Gasteiger partial charge on any atom is -0.378 e. The first-order chi connectivity index (χ1) is 11.3. The second kappa shape index (κ2) is 7.77. The molecule has 0 unspecified atom stereocenters. The maximum Gasteiger partial charge on any atom is 0.240 e. The highest BCUT2D eigenvalue weighted by Gasteiger charge is 2.16. The molecular formula is C18H23FN2O2S. The van der Waals surface area contributed by atoms with E-state index in [-0.39, 0.29) is 4.90 Å². The van der Waals surface area contributed by atoms with Crippen LogP contribution in [0.2, 0.25) is 0 Å². The highest BCUT2D eigenvalue weighted by Crippen LogP contribution is 2.16. The molecule has 0 aliphatic rings. The Morgan fingerprint density at radius 1 is 1.08 bits per heavy atom. The molecule has 24 heavy (non-hydrogen) atoms. The van der Waals surface area contributed by atoms with Gasteiger partial charge in [0, 0.05) is 26.3 Å². The van der Waals surface area contributed by atoms with Crippen LogP contribution in [0.15, 0.2) is 47.4 Å². The van der Waals surface area contributed by atoms with Crippen molar-refractivity contribution in [1.82, 2.24) is 4.72 Å². The van der Waals surface area contributed by atoms with Gasteiger partial charge in [-0.3, -0.25) is 0 Å². The molecule has 0 radical (unpaired) electrons. The fourth-order valence-corrected chi connectivity index (χ4v) is 3.75. The smallest absolute Gasteiger partial charge is 0.240 e. The summed E-state index contributed by atoms with van der Waals surface area (Å²) in [6.07, 6.45) is 1.49. The molecule has 0 fully saturated rings. The molecule has 6 heteroatoms. The Bertz CT molecular complexity index is 787. The number of halogens is 1. The van der Waals surface area contributed by atoms with Crippen LogP contribution in [0.4, 0.5) is 10.1 Å². The first-order valence-electron chi connectivity index (χ1n) is 7.82. The summed E-state index contributed by atoms with van der Waals surface area (Å²) >= 11 is 0. The number of hydrogen-bond acceptors (Lipinski definition) is 3. The number of sulfonamides is 1. The van der Waals surface area contributed by atoms with Crippen LogP contribution < -0.4 is 9.62 Å². The molecule has 4 nitrogen and oxygen atoms in total. The van der Waals surface area contributed by atoms with Crippen LogP contribution in [0.5, 0.6) is 0 Å². The lowest BCUT2D eigenvalue weighted by molar-refractivity contribution is 0.577. The minimum absolute atomic E-state index is 0.124. The third-order valence-corrected chi connectivity index (χ3v) is 5.43. The van der Waals surface area contributed by atoms with Crippen molar-refractivity contribution in [3.05, 3.63) is 59.4 Å². The lowest BCUT2D eigenvalue weighted by atomic mass is 10.1. The maximum absolute atomic E-state index is 13.1. The summed E-state index contributed by atoms with van der Waals surface area (Å²) in [7, 11) is 0.371. The van der Waals surface area contributed by atoms with Crippen molar-refractivity contribution in [3.8, 4) is 0 Å². The van der Waals surface area contributed by atoms with Crippen molar-refractivity contribution in [3.63, 3.8) is 0 Å². The Morgan fingerprint density at radius 3 is 2.33 bits per heavy atom. The van der Waals surface area contributed by atoms with Crippen LogP contribution >= 0.6 is 0 Å². The third-order valence-electron chi connectivity index (χ3n) is 3.81. The van der Waals surface area contributed by atoms with E-state index in [0.717, 1.165) is 23.7 Å². The summed E-state index contributed by atoms with van der Waals surface area (Å²) in [6, 6.07) is 11.9. The van der Waals surface area contributed by atoms with Crippen molar-refractivity contribution in [2.75, 3.05) is 25.5 Å². The van der Waals surface area contributed by atoms with E-state index in [0.29, 0.717) is 18.5 Å². The van der Waals surface area contributed by atoms with Crippen LogP contribution in [0, 0.1) is 12.7 Å². The normalized spacial score (nSPS) is 11.5. The molecule has 2 aromatic carbocycles. The van der Waals surface area contributed by atoms with Crippen LogP contribution in [-0.4, -0.2) is 29.1 Å². The summed E-state index contributed by atoms with van der Waals surface area (Å²) < 4.78 is 40.2. The van der Waals surface area contributed by atoms with E-state index in [4.69, 9.17) is 0 Å². The molecule has 0 spiro atoms. The van der Waals surface area contributed by atoms with Gasteiger partial charge in [0.2, 0.25) is 10.0 Å². The number of benzene rings is 2. The molecule has 1 N–H and O–H groups in total. The van der Waals surface area contributed by atoms with Crippen molar-refractivity contribution in [2.45, 2.75) is 24.7 Å². The van der Waals surface area contributed by atoms with Gasteiger partial charge in [-0.1, -0.05) is 12.1 Å². The lowest BCUT2D eigenvalue weighted by Gasteiger charge is -2.13. The van der Waals surface area contributed by atoms with Gasteiger partial charge in [0.15, 0.2) is 0 Å². The minimum atomic E-state index is -3.60. The van der Waals surface area contributed by atoms with E-state index in [9.17, 15) is 12.8 Å². The molecule has 0 aliphatic carbocycles. The van der Waals surface area contributed by atoms with Gasteiger partial charge in [0.1, 0.15) is 5.82 Å². The van der Waals surface area contributed by atoms with Crippen LogP contribution in [-0.2, 0) is 16.4 Å². The van der Waals surface area contributed by atoms with Crippen molar-refractivity contribution >= 4 is 15.7 Å². The maximum atomic E-state index is 13.1. The average molecular weight is 350 g/mol. The summed E-state index contributed by atoms with van der Waals surface area (Å²) in [6.45, 7) is 1.93. The van der Waals surface area contributed by atoms with Crippen molar-refractivity contribution in [1.29, 1.82) is 0 Å². The summed E-state index contributed by atoms with van der Waals surface area (Å²) in [5, 5.41) is 0. The first kappa shape index (κ1) is 18.4. The molecule has 0 bridgehead atoms. The fraction of sp³-hybridized carbons (Fsp3) is 0.333. The van der Waals surface area contributed by atoms with E-state index >= 15 is 0 Å². The molecule has 2 rings (SSSR count). The zero-order valence-electron chi connectivity index (χ0n) is 14.2. The van der Waals surface area contributed by atoms with Crippen molar-refractivity contribution in [2.24, 2.45) is 0 Å². The monoisotopic (exact) mass is 350 g/mol. The van der Waals surface area contributed by atoms with Crippen LogP contribution in [0.1, 0.15) is 17.5 Å². The average Bonchev–Trinajstić information content (AvgIpc) is 2.51. The zero-order valence-corrected chi connectivity index (χ0v) is 15.0. The van der Waals surface area contributed by atoms with Crippen LogP contribution in [0.3, 0.4) is 0 Å². The van der Waals surface area contributed by atoms with Gasteiger partial charge in [0.25, 0.3) is 0 Å². The number of hydrogen-bond donors (Lipinski definition) is 1. The molecule has 0 aliphatic heterocycles. The second-order valence-electron chi connectivity index (χ2n) is 5.97. The topological polar surface area (TPSA) is 49.4 Å². The van der Waals surface area contributed by atoms with E-state index in [1.807, 2.05) is 43.3 Å². The van der Waals surface area contributed by atoms with E-state index in [1.54, 1.807) is 6.92 Å². The number of aryl methyl sites for hydroxylation is 2. The van der Waals surface area contributed by atoms with Gasteiger partial charge in [0.05, 0.1) is 4.90 Å².